The molecule has 0 radical (unpaired) electrons. The molecule has 0 aliphatic carbocycles. The van der Waals surface area contributed by atoms with Gasteiger partial charge < -0.3 is 14.2 Å². The summed E-state index contributed by atoms with van der Waals surface area (Å²) in [6.45, 7) is 1.12. The first-order valence-corrected chi connectivity index (χ1v) is 8.66. The summed E-state index contributed by atoms with van der Waals surface area (Å²) in [7, 11) is 3.78. The number of aromatic nitrogens is 1. The molecule has 1 atom stereocenters. The molecule has 1 saturated heterocycles. The number of likely N-dealkylation sites (N-methyl/N-ethyl adjacent to an activating group) is 1. The fourth-order valence-electron chi connectivity index (χ4n) is 3.25. The number of rotatable bonds is 5. The van der Waals surface area contributed by atoms with E-state index < -0.39 is 0 Å². The quantitative estimate of drug-likeness (QED) is 0.836. The van der Waals surface area contributed by atoms with E-state index in [-0.39, 0.29) is 17.8 Å². The van der Waals surface area contributed by atoms with Gasteiger partial charge in [-0.3, -0.25) is 4.79 Å². The third kappa shape index (κ3) is 4.45. The van der Waals surface area contributed by atoms with Gasteiger partial charge in [0, 0.05) is 13.0 Å². The minimum absolute atomic E-state index is 0.0968. The van der Waals surface area contributed by atoms with Gasteiger partial charge in [0.2, 0.25) is 11.8 Å². The van der Waals surface area contributed by atoms with Gasteiger partial charge in [0.1, 0.15) is 17.6 Å². The topological polar surface area (TPSA) is 49.6 Å². The highest BCUT2D eigenvalue weighted by Crippen LogP contribution is 2.31. The molecule has 0 unspecified atom stereocenters. The van der Waals surface area contributed by atoms with Gasteiger partial charge in [-0.05, 0) is 51.1 Å². The summed E-state index contributed by atoms with van der Waals surface area (Å²) in [6, 6.07) is 6.35. The smallest absolute Gasteiger partial charge is 0.237 e. The number of oxazole rings is 1. The molecule has 5 nitrogen and oxygen atoms in total. The van der Waals surface area contributed by atoms with Crippen LogP contribution in [0, 0.1) is 5.82 Å². The molecule has 0 bridgehead atoms. The van der Waals surface area contributed by atoms with Crippen LogP contribution in [0.5, 0.6) is 0 Å². The fourth-order valence-corrected chi connectivity index (χ4v) is 3.25. The first-order chi connectivity index (χ1) is 12.0. The van der Waals surface area contributed by atoms with Crippen LogP contribution in [0.15, 0.2) is 34.9 Å². The number of carbonyl (C=O) groups excluding carboxylic acids is 1. The van der Waals surface area contributed by atoms with Crippen LogP contribution in [0.1, 0.15) is 42.5 Å². The molecule has 25 heavy (non-hydrogen) atoms. The number of hydrogen-bond acceptors (Lipinski definition) is 4. The van der Waals surface area contributed by atoms with Crippen molar-refractivity contribution in [2.24, 2.45) is 0 Å². The molecular formula is C19H24FN3O2. The van der Waals surface area contributed by atoms with Crippen LogP contribution < -0.4 is 0 Å². The zero-order valence-electron chi connectivity index (χ0n) is 14.7. The molecule has 1 aliphatic heterocycles. The number of halogens is 1. The standard InChI is InChI=1S/C19H24FN3O2/c1-22(2)13-18(24)23-9-4-3-8-17(23)19-21-12-16(25-19)11-14-6-5-7-15(20)10-14/h5-7,10,12,17H,3-4,8-9,11,13H2,1-2H3/t17-/m0/s1. The Labute approximate surface area is 147 Å². The fraction of sp³-hybridized carbons (Fsp3) is 0.474. The van der Waals surface area contributed by atoms with E-state index in [4.69, 9.17) is 4.42 Å². The molecule has 1 fully saturated rings. The minimum Gasteiger partial charge on any atom is -0.443 e. The normalized spacial score (nSPS) is 17.9. The first-order valence-electron chi connectivity index (χ1n) is 8.66. The van der Waals surface area contributed by atoms with Gasteiger partial charge in [0.15, 0.2) is 0 Å². The molecule has 3 rings (SSSR count). The predicted octanol–water partition coefficient (Wildman–Crippen LogP) is 3.02. The van der Waals surface area contributed by atoms with E-state index in [1.165, 1.54) is 12.1 Å². The van der Waals surface area contributed by atoms with E-state index >= 15 is 0 Å². The highest BCUT2D eigenvalue weighted by molar-refractivity contribution is 5.78. The molecule has 1 amide bonds. The number of amides is 1. The Hall–Kier alpha value is -2.21. The number of likely N-dealkylation sites (tertiary alicyclic amines) is 1. The van der Waals surface area contributed by atoms with Crippen molar-refractivity contribution in [2.45, 2.75) is 31.7 Å². The first kappa shape index (κ1) is 17.6. The maximum absolute atomic E-state index is 13.3. The Kier molecular flexibility index (Phi) is 5.48. The van der Waals surface area contributed by atoms with E-state index in [1.807, 2.05) is 30.0 Å². The van der Waals surface area contributed by atoms with Crippen LogP contribution in [0.2, 0.25) is 0 Å². The van der Waals surface area contributed by atoms with E-state index in [0.717, 1.165) is 31.4 Å². The summed E-state index contributed by atoms with van der Waals surface area (Å²) in [5.74, 6) is 1.11. The molecule has 0 N–H and O–H groups in total. The number of piperidine rings is 1. The monoisotopic (exact) mass is 345 g/mol. The Morgan fingerprint density at radius 1 is 1.40 bits per heavy atom. The van der Waals surface area contributed by atoms with Gasteiger partial charge in [0.25, 0.3) is 0 Å². The van der Waals surface area contributed by atoms with E-state index in [2.05, 4.69) is 4.98 Å². The van der Waals surface area contributed by atoms with Gasteiger partial charge in [-0.2, -0.15) is 0 Å². The Morgan fingerprint density at radius 3 is 3.00 bits per heavy atom. The predicted molar refractivity (Wildman–Crippen MR) is 92.6 cm³/mol. The lowest BCUT2D eigenvalue weighted by molar-refractivity contribution is -0.136. The van der Waals surface area contributed by atoms with E-state index in [0.29, 0.717) is 24.6 Å². The molecule has 1 aromatic carbocycles. The van der Waals surface area contributed by atoms with Gasteiger partial charge in [-0.15, -0.1) is 0 Å². The summed E-state index contributed by atoms with van der Waals surface area (Å²) < 4.78 is 19.2. The average molecular weight is 345 g/mol. The third-order valence-corrected chi connectivity index (χ3v) is 4.40. The molecule has 6 heteroatoms. The second-order valence-electron chi connectivity index (χ2n) is 6.81. The summed E-state index contributed by atoms with van der Waals surface area (Å²) >= 11 is 0. The molecule has 0 saturated carbocycles. The molecular weight excluding hydrogens is 321 g/mol. The second-order valence-corrected chi connectivity index (χ2v) is 6.81. The van der Waals surface area contributed by atoms with Crippen molar-refractivity contribution in [3.63, 3.8) is 0 Å². The van der Waals surface area contributed by atoms with Crippen molar-refractivity contribution in [2.75, 3.05) is 27.2 Å². The number of nitrogens with zero attached hydrogens (tertiary/aromatic N) is 3. The summed E-state index contributed by atoms with van der Waals surface area (Å²) in [6.07, 6.45) is 5.09. The molecule has 1 aliphatic rings. The van der Waals surface area contributed by atoms with Gasteiger partial charge in [-0.25, -0.2) is 9.37 Å². The third-order valence-electron chi connectivity index (χ3n) is 4.40. The number of hydrogen-bond donors (Lipinski definition) is 0. The van der Waals surface area contributed by atoms with Crippen LogP contribution in [-0.2, 0) is 11.2 Å². The van der Waals surface area contributed by atoms with E-state index in [1.54, 1.807) is 12.3 Å². The van der Waals surface area contributed by atoms with Crippen LogP contribution in [0.25, 0.3) is 0 Å². The molecule has 134 valence electrons. The van der Waals surface area contributed by atoms with Crippen LogP contribution >= 0.6 is 0 Å². The van der Waals surface area contributed by atoms with Gasteiger partial charge in [0.05, 0.1) is 12.7 Å². The van der Waals surface area contributed by atoms with Gasteiger partial charge in [-0.1, -0.05) is 12.1 Å². The highest BCUT2D eigenvalue weighted by Gasteiger charge is 2.31. The average Bonchev–Trinajstić information content (AvgIpc) is 3.02. The maximum atomic E-state index is 13.3. The molecule has 2 heterocycles. The number of carbonyl (C=O) groups is 1. The van der Waals surface area contributed by atoms with Crippen molar-refractivity contribution in [3.05, 3.63) is 53.5 Å². The summed E-state index contributed by atoms with van der Waals surface area (Å²) in [5.41, 5.74) is 0.840. The van der Waals surface area contributed by atoms with Crippen molar-refractivity contribution in [1.82, 2.24) is 14.8 Å². The van der Waals surface area contributed by atoms with Crippen molar-refractivity contribution in [1.29, 1.82) is 0 Å². The minimum atomic E-state index is -0.259. The second kappa shape index (κ2) is 7.78. The Balaban J connectivity index is 1.74. The SMILES string of the molecule is CN(C)CC(=O)N1CCCC[C@H]1c1ncc(Cc2cccc(F)c2)o1. The van der Waals surface area contributed by atoms with Crippen molar-refractivity contribution in [3.8, 4) is 0 Å². The lowest BCUT2D eigenvalue weighted by Gasteiger charge is -2.34. The Bertz CT molecular complexity index is 729. The summed E-state index contributed by atoms with van der Waals surface area (Å²) in [5, 5.41) is 0. The zero-order valence-corrected chi connectivity index (χ0v) is 14.7. The number of benzene rings is 1. The lowest BCUT2D eigenvalue weighted by atomic mass is 10.0. The van der Waals surface area contributed by atoms with Crippen LogP contribution in [-0.4, -0.2) is 47.9 Å². The zero-order chi connectivity index (χ0) is 17.8. The van der Waals surface area contributed by atoms with Gasteiger partial charge >= 0.3 is 0 Å². The van der Waals surface area contributed by atoms with Crippen LogP contribution in [0.4, 0.5) is 4.39 Å². The molecule has 1 aromatic heterocycles. The molecule has 0 spiro atoms. The highest BCUT2D eigenvalue weighted by atomic mass is 19.1. The lowest BCUT2D eigenvalue weighted by Crippen LogP contribution is -2.42. The van der Waals surface area contributed by atoms with Crippen molar-refractivity contribution >= 4 is 5.91 Å². The summed E-state index contributed by atoms with van der Waals surface area (Å²) in [4.78, 5) is 20.7. The van der Waals surface area contributed by atoms with Crippen molar-refractivity contribution < 1.29 is 13.6 Å². The Morgan fingerprint density at radius 2 is 2.24 bits per heavy atom. The largest absolute Gasteiger partial charge is 0.443 e. The molecule has 2 aromatic rings. The van der Waals surface area contributed by atoms with Crippen LogP contribution in [0.3, 0.4) is 0 Å². The van der Waals surface area contributed by atoms with E-state index in [9.17, 15) is 9.18 Å². The maximum Gasteiger partial charge on any atom is 0.237 e.